The van der Waals surface area contributed by atoms with E-state index < -0.39 is 0 Å². The zero-order chi connectivity index (χ0) is 19.4. The van der Waals surface area contributed by atoms with Crippen molar-refractivity contribution in [2.24, 2.45) is 22.6 Å². The third kappa shape index (κ3) is 5.09. The number of hydrazone groups is 1. The minimum Gasteiger partial charge on any atom is -0.686 e. The third-order valence-electron chi connectivity index (χ3n) is 4.96. The van der Waals surface area contributed by atoms with Gasteiger partial charge in [-0.3, -0.25) is 5.41 Å². The zero-order valence-electron chi connectivity index (χ0n) is 16.3. The molecule has 0 aliphatic carbocycles. The number of likely N-dealkylation sites (tertiary alicyclic amines) is 1. The molecule has 0 spiro atoms. The van der Waals surface area contributed by atoms with E-state index in [0.717, 1.165) is 41.8 Å². The number of piperidine rings is 1. The van der Waals surface area contributed by atoms with E-state index in [1.54, 1.807) is 7.05 Å². The molecule has 5 N–H and O–H groups in total. The van der Waals surface area contributed by atoms with Gasteiger partial charge in [0.2, 0.25) is 0 Å². The molecule has 1 heterocycles. The van der Waals surface area contributed by atoms with E-state index in [-0.39, 0.29) is 57.3 Å². The maximum atomic E-state index is 8.92. The van der Waals surface area contributed by atoms with Gasteiger partial charge in [0.15, 0.2) is 0 Å². The molecule has 1 atom stereocenters. The largest absolute Gasteiger partial charge is 1.00 e. The van der Waals surface area contributed by atoms with Crippen LogP contribution in [-0.2, 0) is 0 Å². The molecule has 8 heteroatoms. The number of nitrogens with two attached hydrogens (primary N) is 2. The number of hydrogen-bond donors (Lipinski definition) is 3. The fraction of sp³-hybridized carbons (Fsp3) is 0.300. The minimum absolute atomic E-state index is 0. The molecule has 0 saturated carbocycles. The van der Waals surface area contributed by atoms with Gasteiger partial charge in [0, 0.05) is 29.6 Å². The molecule has 0 radical (unpaired) electrons. The van der Waals surface area contributed by atoms with Crippen LogP contribution < -0.4 is 63.0 Å². The third-order valence-corrected chi connectivity index (χ3v) is 5.20. The molecule has 1 fully saturated rings. The molecule has 3 rings (SSSR count). The van der Waals surface area contributed by atoms with Gasteiger partial charge in [0.05, 0.1) is 0 Å². The first kappa shape index (κ1) is 23.2. The van der Waals surface area contributed by atoms with Crippen molar-refractivity contribution in [1.29, 1.82) is 5.41 Å². The second kappa shape index (κ2) is 10.6. The van der Waals surface area contributed by atoms with Crippen LogP contribution in [0.4, 0.5) is 5.69 Å². The van der Waals surface area contributed by atoms with E-state index in [1.807, 2.05) is 47.4 Å². The number of hydrogen-bond acceptors (Lipinski definition) is 3. The normalized spacial score (nSPS) is 17.0. The first-order valence-electron chi connectivity index (χ1n) is 8.91. The predicted octanol–water partition coefficient (Wildman–Crippen LogP) is 0.914. The van der Waals surface area contributed by atoms with Crippen molar-refractivity contribution < 1.29 is 51.4 Å². The first-order chi connectivity index (χ1) is 13.0. The molecule has 0 amide bonds. The second-order valence-corrected chi connectivity index (χ2v) is 7.06. The predicted molar refractivity (Wildman–Crippen MR) is 113 cm³/mol. The second-order valence-electron chi connectivity index (χ2n) is 6.62. The molecule has 0 bridgehead atoms. The Kier molecular flexibility index (Phi) is 8.79. The zero-order valence-corrected chi connectivity index (χ0v) is 20.2. The van der Waals surface area contributed by atoms with Gasteiger partial charge in [-0.2, -0.15) is 5.10 Å². The van der Waals surface area contributed by atoms with Crippen LogP contribution in [0, 0.1) is 11.3 Å². The number of nitrogens with one attached hydrogen (secondary N) is 1. The standard InChI is InChI=1S/C20H24ClN6.K/c1-25-17-9-3-8-16(13-5-2-7-15(21)11-13)18(17)20(23)27-10-4-6-14(12-27)19(22)26-24;/h2-3,5,7-9,11,14,23H,4,6,10,12,24H2,1H3,(H2,22,26);/q-1;+1. The van der Waals surface area contributed by atoms with Crippen LogP contribution in [-0.4, -0.2) is 36.7 Å². The van der Waals surface area contributed by atoms with Gasteiger partial charge in [0.1, 0.15) is 11.7 Å². The van der Waals surface area contributed by atoms with Crippen molar-refractivity contribution >= 4 is 29.0 Å². The Hall–Kier alpha value is -1.09. The van der Waals surface area contributed by atoms with Crippen LogP contribution in [0.3, 0.4) is 0 Å². The number of amidine groups is 2. The summed E-state index contributed by atoms with van der Waals surface area (Å²) in [6.45, 7) is 1.42. The SMILES string of the molecule is C[N-]c1cccc(-c2cccc(Cl)c2)c1C(=N)N1CCCC(/C(N)=N/N)C1.[K+]. The molecular formula is C20H24ClKN6. The van der Waals surface area contributed by atoms with Crippen molar-refractivity contribution in [3.63, 3.8) is 0 Å². The van der Waals surface area contributed by atoms with Crippen molar-refractivity contribution in [1.82, 2.24) is 4.90 Å². The van der Waals surface area contributed by atoms with E-state index in [9.17, 15) is 0 Å². The Balaban J connectivity index is 0.00000280. The van der Waals surface area contributed by atoms with Gasteiger partial charge >= 0.3 is 51.4 Å². The van der Waals surface area contributed by atoms with Crippen LogP contribution >= 0.6 is 11.6 Å². The summed E-state index contributed by atoms with van der Waals surface area (Å²) in [6.07, 6.45) is 1.86. The average molecular weight is 423 g/mol. The van der Waals surface area contributed by atoms with E-state index in [4.69, 9.17) is 28.6 Å². The summed E-state index contributed by atoms with van der Waals surface area (Å²) in [6, 6.07) is 13.5. The molecule has 1 aliphatic heterocycles. The molecule has 1 aliphatic rings. The van der Waals surface area contributed by atoms with E-state index in [0.29, 0.717) is 23.2 Å². The Labute approximate surface area is 213 Å². The molecule has 28 heavy (non-hydrogen) atoms. The minimum atomic E-state index is 0. The summed E-state index contributed by atoms with van der Waals surface area (Å²) in [5.41, 5.74) is 9.41. The van der Waals surface area contributed by atoms with E-state index >= 15 is 0 Å². The monoisotopic (exact) mass is 422 g/mol. The summed E-state index contributed by atoms with van der Waals surface area (Å²) in [4.78, 5) is 2.03. The number of halogens is 1. The van der Waals surface area contributed by atoms with Gasteiger partial charge in [-0.05, 0) is 36.1 Å². The summed E-state index contributed by atoms with van der Waals surface area (Å²) < 4.78 is 0. The smallest absolute Gasteiger partial charge is 0.686 e. The Morgan fingerprint density at radius 1 is 1.29 bits per heavy atom. The number of rotatable bonds is 4. The Morgan fingerprint density at radius 3 is 2.71 bits per heavy atom. The molecular weight excluding hydrogens is 399 g/mol. The maximum Gasteiger partial charge on any atom is 1.00 e. The number of nitrogens with zero attached hydrogens (tertiary/aromatic N) is 3. The van der Waals surface area contributed by atoms with Crippen molar-refractivity contribution in [2.45, 2.75) is 12.8 Å². The molecule has 1 saturated heterocycles. The summed E-state index contributed by atoms with van der Waals surface area (Å²) in [5, 5.41) is 17.6. The van der Waals surface area contributed by atoms with Crippen LogP contribution in [0.5, 0.6) is 0 Å². The van der Waals surface area contributed by atoms with Crippen molar-refractivity contribution in [3.8, 4) is 11.1 Å². The van der Waals surface area contributed by atoms with Gasteiger partial charge in [-0.15, -0.1) is 12.7 Å². The van der Waals surface area contributed by atoms with Gasteiger partial charge in [0.25, 0.3) is 0 Å². The van der Waals surface area contributed by atoms with Gasteiger partial charge < -0.3 is 21.8 Å². The van der Waals surface area contributed by atoms with Crippen LogP contribution in [0.25, 0.3) is 16.4 Å². The molecule has 0 aromatic heterocycles. The summed E-state index contributed by atoms with van der Waals surface area (Å²) >= 11 is 6.19. The van der Waals surface area contributed by atoms with Gasteiger partial charge in [-0.25, -0.2) is 0 Å². The average Bonchev–Trinajstić information content (AvgIpc) is 2.72. The molecule has 142 valence electrons. The summed E-state index contributed by atoms with van der Waals surface area (Å²) in [5.74, 6) is 6.29. The quantitative estimate of drug-likeness (QED) is 0.224. The Morgan fingerprint density at radius 2 is 2.04 bits per heavy atom. The molecule has 1 unspecified atom stereocenters. The summed E-state index contributed by atoms with van der Waals surface area (Å²) in [7, 11) is 1.74. The van der Waals surface area contributed by atoms with Crippen LogP contribution in [0.2, 0.25) is 5.02 Å². The fourth-order valence-electron chi connectivity index (χ4n) is 3.56. The Bertz CT molecular complexity index is 870. The van der Waals surface area contributed by atoms with E-state index in [1.165, 1.54) is 0 Å². The molecule has 2 aromatic carbocycles. The van der Waals surface area contributed by atoms with Crippen LogP contribution in [0.15, 0.2) is 47.6 Å². The van der Waals surface area contributed by atoms with Crippen molar-refractivity contribution in [2.75, 3.05) is 20.1 Å². The first-order valence-corrected chi connectivity index (χ1v) is 9.28. The topological polar surface area (TPSA) is 106 Å². The van der Waals surface area contributed by atoms with E-state index in [2.05, 4.69) is 10.4 Å². The van der Waals surface area contributed by atoms with Gasteiger partial charge in [-0.1, -0.05) is 41.9 Å². The number of benzene rings is 2. The van der Waals surface area contributed by atoms with Crippen molar-refractivity contribution in [3.05, 3.63) is 58.4 Å². The van der Waals surface area contributed by atoms with Crippen LogP contribution in [0.1, 0.15) is 18.4 Å². The molecule has 2 aromatic rings. The fourth-order valence-corrected chi connectivity index (χ4v) is 3.75. The molecule has 6 nitrogen and oxygen atoms in total. The maximum absolute atomic E-state index is 8.92.